The average Bonchev–Trinajstić information content (AvgIpc) is 2.88. The number of ketones is 4. The predicted octanol–water partition coefficient (Wildman–Crippen LogP) is 0.792. The molecule has 1 heterocycles. The smallest absolute Gasteiger partial charge is 0.235 e. The minimum absolute atomic E-state index is 0.00111. The lowest BCUT2D eigenvalue weighted by molar-refractivity contribution is -0.181. The van der Waals surface area contributed by atoms with E-state index in [0.717, 1.165) is 0 Å². The highest BCUT2D eigenvalue weighted by molar-refractivity contribution is 7.97. The van der Waals surface area contributed by atoms with E-state index in [1.165, 1.54) is 16.7 Å². The fraction of sp³-hybridized carbons (Fsp3) is 0.429. The number of aromatic hydroxyl groups is 1. The zero-order chi connectivity index (χ0) is 28.4. The molecular formula is C28H29N3O7S. The molecule has 0 aliphatic heterocycles. The quantitative estimate of drug-likeness (QED) is 0.452. The SMILES string of the molecule is CSCc1cc(-c2ccccn2)c2c(c1O)C(=O)C1C(=O)[C@]3(O)C(=O)C(C(N)=O)C(=O)[C@@H](N(C)C)[C@@H]3C[C@@H]1C2. The number of pyridine rings is 1. The number of primary amides is 1. The van der Waals surface area contributed by atoms with Crippen molar-refractivity contribution in [3.63, 3.8) is 0 Å². The van der Waals surface area contributed by atoms with Gasteiger partial charge in [0.05, 0.1) is 23.2 Å². The number of carbonyl (C=O) groups excluding carboxylic acids is 5. The second kappa shape index (κ2) is 9.65. The third-order valence-corrected chi connectivity index (χ3v) is 8.98. The van der Waals surface area contributed by atoms with Gasteiger partial charge in [-0.25, -0.2) is 0 Å². The molecule has 2 aromatic rings. The van der Waals surface area contributed by atoms with Crippen LogP contribution >= 0.6 is 11.8 Å². The van der Waals surface area contributed by atoms with Crippen molar-refractivity contribution in [2.75, 3.05) is 20.4 Å². The van der Waals surface area contributed by atoms with Gasteiger partial charge in [0.15, 0.2) is 34.7 Å². The summed E-state index contributed by atoms with van der Waals surface area (Å²) in [6, 6.07) is 6.03. The van der Waals surface area contributed by atoms with E-state index >= 15 is 0 Å². The Labute approximate surface area is 229 Å². The number of aliphatic hydroxyl groups is 1. The van der Waals surface area contributed by atoms with E-state index in [9.17, 15) is 34.2 Å². The van der Waals surface area contributed by atoms with Crippen LogP contribution < -0.4 is 5.73 Å². The van der Waals surface area contributed by atoms with Gasteiger partial charge in [-0.1, -0.05) is 6.07 Å². The summed E-state index contributed by atoms with van der Waals surface area (Å²) in [4.78, 5) is 72.7. The number of phenols is 1. The number of nitrogens with zero attached hydrogens (tertiary/aromatic N) is 2. The first-order valence-electron chi connectivity index (χ1n) is 12.6. The Morgan fingerprint density at radius 3 is 2.51 bits per heavy atom. The number of thioether (sulfide) groups is 1. The number of aromatic nitrogens is 1. The van der Waals surface area contributed by atoms with Crippen molar-refractivity contribution in [2.45, 2.75) is 30.2 Å². The van der Waals surface area contributed by atoms with E-state index in [1.54, 1.807) is 38.5 Å². The molecule has 0 bridgehead atoms. The number of amides is 1. The highest BCUT2D eigenvalue weighted by atomic mass is 32.2. The Morgan fingerprint density at radius 1 is 1.21 bits per heavy atom. The normalized spacial score (nSPS) is 30.1. The second-order valence-electron chi connectivity index (χ2n) is 10.7. The van der Waals surface area contributed by atoms with Crippen LogP contribution in [0.1, 0.15) is 27.9 Å². The molecule has 10 nitrogen and oxygen atoms in total. The van der Waals surface area contributed by atoms with Crippen molar-refractivity contribution in [3.05, 3.63) is 47.2 Å². The van der Waals surface area contributed by atoms with Crippen LogP contribution in [-0.4, -0.2) is 81.1 Å². The van der Waals surface area contributed by atoms with E-state index in [1.807, 2.05) is 12.3 Å². The number of nitrogens with two attached hydrogens (primary N) is 1. The standard InChI is InChI=1S/C28H29N3O7S/c1-31(2)21-16-10-12-8-15-14(17-6-4-5-7-30-17)9-13(11-39-3)22(32)19(15)23(33)18(12)25(35)28(16,38)26(36)20(24(21)34)27(29)37/h4-7,9,12,16,18,20-21,32,38H,8,10-11H2,1-3H3,(H2,29,37)/t12-,16-,18?,20?,21-,28-/m0/s1. The summed E-state index contributed by atoms with van der Waals surface area (Å²) in [5.74, 6) is -10.1. The zero-order valence-corrected chi connectivity index (χ0v) is 22.5. The second-order valence-corrected chi connectivity index (χ2v) is 11.6. The molecule has 39 heavy (non-hydrogen) atoms. The fourth-order valence-electron chi connectivity index (χ4n) is 6.74. The minimum Gasteiger partial charge on any atom is -0.507 e. The number of hydrogen-bond donors (Lipinski definition) is 3. The van der Waals surface area contributed by atoms with Crippen molar-refractivity contribution in [3.8, 4) is 17.0 Å². The Kier molecular flexibility index (Phi) is 6.72. The van der Waals surface area contributed by atoms with Gasteiger partial charge >= 0.3 is 0 Å². The van der Waals surface area contributed by atoms with Crippen molar-refractivity contribution >= 4 is 40.8 Å². The molecule has 2 fully saturated rings. The van der Waals surface area contributed by atoms with Gasteiger partial charge in [-0.15, -0.1) is 0 Å². The number of carbonyl (C=O) groups is 5. The number of hydrogen-bond acceptors (Lipinski definition) is 10. The lowest BCUT2D eigenvalue weighted by Gasteiger charge is -2.52. The van der Waals surface area contributed by atoms with Crippen molar-refractivity contribution in [1.29, 1.82) is 0 Å². The molecule has 3 aliphatic carbocycles. The monoisotopic (exact) mass is 551 g/mol. The maximum atomic E-state index is 14.0. The Morgan fingerprint density at radius 2 is 1.92 bits per heavy atom. The molecule has 3 aliphatic rings. The molecule has 1 amide bonds. The number of fused-ring (bicyclic) bond motifs is 3. The number of likely N-dealkylation sites (N-methyl/N-ethyl adjacent to an activating group) is 1. The summed E-state index contributed by atoms with van der Waals surface area (Å²) in [5, 5.41) is 22.9. The van der Waals surface area contributed by atoms with Gasteiger partial charge in [0, 0.05) is 29.0 Å². The van der Waals surface area contributed by atoms with Gasteiger partial charge in [0.2, 0.25) is 5.91 Å². The fourth-order valence-corrected chi connectivity index (χ4v) is 7.27. The molecule has 2 saturated carbocycles. The van der Waals surface area contributed by atoms with Crippen LogP contribution in [0.4, 0.5) is 0 Å². The minimum atomic E-state index is -2.74. The van der Waals surface area contributed by atoms with Crippen LogP contribution in [0, 0.1) is 23.7 Å². The summed E-state index contributed by atoms with van der Waals surface area (Å²) in [6.45, 7) is 0. The molecule has 5 rings (SSSR count). The van der Waals surface area contributed by atoms with Crippen molar-refractivity contribution in [2.24, 2.45) is 29.4 Å². The molecule has 1 aromatic heterocycles. The first-order valence-corrected chi connectivity index (χ1v) is 14.0. The zero-order valence-electron chi connectivity index (χ0n) is 21.7. The van der Waals surface area contributed by atoms with Crippen LogP contribution in [0.3, 0.4) is 0 Å². The lowest BCUT2D eigenvalue weighted by Crippen LogP contribution is -2.74. The lowest BCUT2D eigenvalue weighted by atomic mass is 9.52. The molecular weight excluding hydrogens is 522 g/mol. The van der Waals surface area contributed by atoms with Gasteiger partial charge in [-0.05, 0) is 62.9 Å². The van der Waals surface area contributed by atoms with Gasteiger partial charge in [-0.3, -0.25) is 33.9 Å². The molecule has 0 radical (unpaired) electrons. The topological polar surface area (TPSA) is 168 Å². The summed E-state index contributed by atoms with van der Waals surface area (Å²) < 4.78 is 0. The average molecular weight is 552 g/mol. The Hall–Kier alpha value is -3.41. The van der Waals surface area contributed by atoms with E-state index in [2.05, 4.69) is 4.98 Å². The van der Waals surface area contributed by atoms with E-state index < -0.39 is 64.4 Å². The molecule has 0 saturated heterocycles. The van der Waals surface area contributed by atoms with Crippen LogP contribution in [0.25, 0.3) is 11.3 Å². The maximum Gasteiger partial charge on any atom is 0.235 e. The summed E-state index contributed by atoms with van der Waals surface area (Å²) in [6.07, 6.45) is 3.66. The predicted molar refractivity (Wildman–Crippen MR) is 142 cm³/mol. The Balaban J connectivity index is 1.70. The van der Waals surface area contributed by atoms with Gasteiger partial charge < -0.3 is 15.9 Å². The van der Waals surface area contributed by atoms with E-state index in [4.69, 9.17) is 5.73 Å². The highest BCUT2D eigenvalue weighted by Crippen LogP contribution is 2.52. The van der Waals surface area contributed by atoms with Crippen molar-refractivity contribution < 1.29 is 34.2 Å². The molecule has 6 atom stereocenters. The number of Topliss-reactive ketones (excluding diaryl/α,β-unsaturated/α-hetero) is 4. The first kappa shape index (κ1) is 27.2. The molecule has 11 heteroatoms. The van der Waals surface area contributed by atoms with Crippen LogP contribution in [0.5, 0.6) is 5.75 Å². The summed E-state index contributed by atoms with van der Waals surface area (Å²) in [5.41, 5.74) is 4.88. The van der Waals surface area contributed by atoms with Gasteiger partial charge in [0.25, 0.3) is 0 Å². The van der Waals surface area contributed by atoms with E-state index in [0.29, 0.717) is 28.1 Å². The van der Waals surface area contributed by atoms with Crippen LogP contribution in [-0.2, 0) is 31.4 Å². The maximum absolute atomic E-state index is 14.0. The largest absolute Gasteiger partial charge is 0.507 e. The van der Waals surface area contributed by atoms with Crippen molar-refractivity contribution in [1.82, 2.24) is 9.88 Å². The first-order chi connectivity index (χ1) is 18.4. The number of rotatable bonds is 5. The highest BCUT2D eigenvalue weighted by Gasteiger charge is 2.69. The molecule has 0 spiro atoms. The Bertz CT molecular complexity index is 1430. The van der Waals surface area contributed by atoms with Crippen LogP contribution in [0.2, 0.25) is 0 Å². The summed E-state index contributed by atoms with van der Waals surface area (Å²) >= 11 is 1.44. The third kappa shape index (κ3) is 3.86. The molecule has 1 aromatic carbocycles. The molecule has 4 N–H and O–H groups in total. The van der Waals surface area contributed by atoms with Gasteiger partial charge in [0.1, 0.15) is 5.75 Å². The number of benzene rings is 1. The summed E-state index contributed by atoms with van der Waals surface area (Å²) in [7, 11) is 3.11. The number of phenolic OH excluding ortho intramolecular Hbond substituents is 1. The third-order valence-electron chi connectivity index (χ3n) is 8.38. The van der Waals surface area contributed by atoms with E-state index in [-0.39, 0.29) is 24.2 Å². The molecule has 2 unspecified atom stereocenters. The molecule has 204 valence electrons. The van der Waals surface area contributed by atoms with Gasteiger partial charge in [-0.2, -0.15) is 11.8 Å². The van der Waals surface area contributed by atoms with Crippen LogP contribution in [0.15, 0.2) is 30.5 Å².